The summed E-state index contributed by atoms with van der Waals surface area (Å²) < 4.78 is 26.9. The topological polar surface area (TPSA) is 66.5 Å². The van der Waals surface area contributed by atoms with Crippen molar-refractivity contribution in [3.63, 3.8) is 0 Å². The van der Waals surface area contributed by atoms with Crippen molar-refractivity contribution < 1.29 is 13.2 Å². The molecular formula is C21H28N2O3S. The SMILES string of the molecule is CCc1cccc(CC)c1NC(=O)CN(CC)S(=O)(=O)c1ccc(C)cc1. The van der Waals surface area contributed by atoms with Crippen LogP contribution in [0.15, 0.2) is 47.4 Å². The van der Waals surface area contributed by atoms with Crippen molar-refractivity contribution in [3.8, 4) is 0 Å². The standard InChI is InChI=1S/C21H28N2O3S/c1-5-17-9-8-10-18(6-2)21(17)22-20(24)15-23(7-3)27(25,26)19-13-11-16(4)12-14-19/h8-14H,5-7,15H2,1-4H3,(H,22,24). The van der Waals surface area contributed by atoms with Crippen LogP contribution in [0.4, 0.5) is 5.69 Å². The minimum absolute atomic E-state index is 0.200. The van der Waals surface area contributed by atoms with E-state index < -0.39 is 10.0 Å². The number of carbonyl (C=O) groups excluding carboxylic acids is 1. The fourth-order valence-electron chi connectivity index (χ4n) is 2.97. The van der Waals surface area contributed by atoms with Crippen LogP contribution < -0.4 is 5.32 Å². The molecule has 5 nitrogen and oxygen atoms in total. The van der Waals surface area contributed by atoms with Crippen LogP contribution in [0.25, 0.3) is 0 Å². The Kier molecular flexibility index (Phi) is 7.16. The van der Waals surface area contributed by atoms with Crippen molar-refractivity contribution in [1.29, 1.82) is 0 Å². The minimum atomic E-state index is -3.71. The van der Waals surface area contributed by atoms with Gasteiger partial charge >= 0.3 is 0 Å². The minimum Gasteiger partial charge on any atom is -0.324 e. The van der Waals surface area contributed by atoms with Gasteiger partial charge in [-0.3, -0.25) is 4.79 Å². The third kappa shape index (κ3) is 4.96. The summed E-state index contributed by atoms with van der Waals surface area (Å²) in [5.41, 5.74) is 3.88. The largest absolute Gasteiger partial charge is 0.324 e. The highest BCUT2D eigenvalue weighted by Gasteiger charge is 2.25. The number of para-hydroxylation sites is 1. The summed E-state index contributed by atoms with van der Waals surface area (Å²) in [5, 5.41) is 2.93. The van der Waals surface area contributed by atoms with E-state index >= 15 is 0 Å². The molecule has 0 atom stereocenters. The van der Waals surface area contributed by atoms with Crippen molar-refractivity contribution in [2.24, 2.45) is 0 Å². The van der Waals surface area contributed by atoms with Gasteiger partial charge in [-0.15, -0.1) is 0 Å². The monoisotopic (exact) mass is 388 g/mol. The lowest BCUT2D eigenvalue weighted by molar-refractivity contribution is -0.116. The molecular weight excluding hydrogens is 360 g/mol. The summed E-state index contributed by atoms with van der Waals surface area (Å²) in [7, 11) is -3.71. The van der Waals surface area contributed by atoms with E-state index in [4.69, 9.17) is 0 Å². The van der Waals surface area contributed by atoms with E-state index in [1.807, 2.05) is 39.0 Å². The van der Waals surface area contributed by atoms with Gasteiger partial charge in [-0.25, -0.2) is 8.42 Å². The average molecular weight is 389 g/mol. The van der Waals surface area contributed by atoms with Crippen LogP contribution in [0.1, 0.15) is 37.5 Å². The van der Waals surface area contributed by atoms with Gasteiger partial charge in [0.1, 0.15) is 0 Å². The number of nitrogens with one attached hydrogen (secondary N) is 1. The molecule has 1 N–H and O–H groups in total. The van der Waals surface area contributed by atoms with Gasteiger partial charge in [-0.05, 0) is 43.0 Å². The number of amides is 1. The number of carbonyl (C=O) groups is 1. The number of hydrogen-bond donors (Lipinski definition) is 1. The van der Waals surface area contributed by atoms with Crippen molar-refractivity contribution >= 4 is 21.6 Å². The quantitative estimate of drug-likeness (QED) is 0.749. The second-order valence-corrected chi connectivity index (χ2v) is 8.39. The fraction of sp³-hybridized carbons (Fsp3) is 0.381. The Labute approximate surface area is 162 Å². The number of sulfonamides is 1. The van der Waals surface area contributed by atoms with Gasteiger partial charge in [0.25, 0.3) is 0 Å². The molecule has 27 heavy (non-hydrogen) atoms. The lowest BCUT2D eigenvalue weighted by atomic mass is 10.0. The summed E-state index contributed by atoms with van der Waals surface area (Å²) in [5.74, 6) is -0.330. The Morgan fingerprint density at radius 1 is 0.963 bits per heavy atom. The van der Waals surface area contributed by atoms with Crippen molar-refractivity contribution in [2.75, 3.05) is 18.4 Å². The predicted molar refractivity (Wildman–Crippen MR) is 109 cm³/mol. The molecule has 0 bridgehead atoms. The van der Waals surface area contributed by atoms with Gasteiger partial charge in [0, 0.05) is 12.2 Å². The van der Waals surface area contributed by atoms with E-state index in [9.17, 15) is 13.2 Å². The third-order valence-corrected chi connectivity index (χ3v) is 6.53. The summed E-state index contributed by atoms with van der Waals surface area (Å²) in [4.78, 5) is 12.8. The number of hydrogen-bond acceptors (Lipinski definition) is 3. The molecule has 0 spiro atoms. The lowest BCUT2D eigenvalue weighted by Crippen LogP contribution is -2.38. The Bertz CT molecular complexity index is 868. The smallest absolute Gasteiger partial charge is 0.243 e. The van der Waals surface area contributed by atoms with Crippen molar-refractivity contribution in [3.05, 3.63) is 59.2 Å². The molecule has 0 saturated carbocycles. The van der Waals surface area contributed by atoms with Crippen LogP contribution in [-0.2, 0) is 27.7 Å². The highest BCUT2D eigenvalue weighted by Crippen LogP contribution is 2.23. The predicted octanol–water partition coefficient (Wildman–Crippen LogP) is 3.77. The van der Waals surface area contributed by atoms with Crippen LogP contribution in [-0.4, -0.2) is 31.7 Å². The first-order valence-electron chi connectivity index (χ1n) is 9.30. The van der Waals surface area contributed by atoms with Crippen LogP contribution in [0, 0.1) is 6.92 Å². The summed E-state index contributed by atoms with van der Waals surface area (Å²) in [6.45, 7) is 7.71. The lowest BCUT2D eigenvalue weighted by Gasteiger charge is -2.21. The maximum Gasteiger partial charge on any atom is 0.243 e. The highest BCUT2D eigenvalue weighted by molar-refractivity contribution is 7.89. The van der Waals surface area contributed by atoms with E-state index in [1.165, 1.54) is 4.31 Å². The summed E-state index contributed by atoms with van der Waals surface area (Å²) >= 11 is 0. The van der Waals surface area contributed by atoms with Crippen LogP contribution in [0.2, 0.25) is 0 Å². The first-order valence-corrected chi connectivity index (χ1v) is 10.7. The second-order valence-electron chi connectivity index (χ2n) is 6.45. The number of benzene rings is 2. The summed E-state index contributed by atoms with van der Waals surface area (Å²) in [6.07, 6.45) is 1.59. The number of rotatable bonds is 8. The zero-order valence-corrected chi connectivity index (χ0v) is 17.3. The Balaban J connectivity index is 2.22. The van der Waals surface area contributed by atoms with Gasteiger partial charge in [0.2, 0.25) is 15.9 Å². The maximum absolute atomic E-state index is 12.9. The molecule has 2 aromatic carbocycles. The Hall–Kier alpha value is -2.18. The van der Waals surface area contributed by atoms with E-state index in [0.29, 0.717) is 0 Å². The maximum atomic E-state index is 12.9. The molecule has 0 aromatic heterocycles. The average Bonchev–Trinajstić information content (AvgIpc) is 2.66. The molecule has 146 valence electrons. The van der Waals surface area contributed by atoms with Crippen LogP contribution in [0.3, 0.4) is 0 Å². The molecule has 6 heteroatoms. The number of nitrogens with zero attached hydrogens (tertiary/aromatic N) is 1. The molecule has 0 saturated heterocycles. The molecule has 0 fully saturated rings. The van der Waals surface area contributed by atoms with Crippen molar-refractivity contribution in [1.82, 2.24) is 4.31 Å². The number of aryl methyl sites for hydroxylation is 3. The van der Waals surface area contributed by atoms with Gasteiger partial charge in [-0.1, -0.05) is 56.7 Å². The van der Waals surface area contributed by atoms with E-state index in [0.717, 1.165) is 35.2 Å². The van der Waals surface area contributed by atoms with Crippen LogP contribution in [0.5, 0.6) is 0 Å². The molecule has 2 aromatic rings. The zero-order valence-electron chi connectivity index (χ0n) is 16.5. The highest BCUT2D eigenvalue weighted by atomic mass is 32.2. The van der Waals surface area contributed by atoms with E-state index in [2.05, 4.69) is 5.32 Å². The molecule has 0 radical (unpaired) electrons. The molecule has 0 aliphatic carbocycles. The van der Waals surface area contributed by atoms with E-state index in [-0.39, 0.29) is 23.9 Å². The molecule has 0 aliphatic heterocycles. The number of anilines is 1. The Morgan fingerprint density at radius 3 is 2.00 bits per heavy atom. The second kappa shape index (κ2) is 9.15. The first kappa shape index (κ1) is 21.1. The van der Waals surface area contributed by atoms with Gasteiger partial charge < -0.3 is 5.32 Å². The molecule has 0 unspecified atom stereocenters. The third-order valence-electron chi connectivity index (χ3n) is 4.59. The molecule has 0 heterocycles. The summed E-state index contributed by atoms with van der Waals surface area (Å²) in [6, 6.07) is 12.6. The van der Waals surface area contributed by atoms with Crippen molar-refractivity contribution in [2.45, 2.75) is 45.4 Å². The van der Waals surface area contributed by atoms with Crippen LogP contribution >= 0.6 is 0 Å². The molecule has 1 amide bonds. The fourth-order valence-corrected chi connectivity index (χ4v) is 4.37. The van der Waals surface area contributed by atoms with E-state index in [1.54, 1.807) is 31.2 Å². The molecule has 0 aliphatic rings. The number of likely N-dealkylation sites (N-methyl/N-ethyl adjacent to an activating group) is 1. The van der Waals surface area contributed by atoms with Gasteiger partial charge in [0.05, 0.1) is 11.4 Å². The van der Waals surface area contributed by atoms with Gasteiger partial charge in [-0.2, -0.15) is 4.31 Å². The molecule has 2 rings (SSSR count). The Morgan fingerprint density at radius 2 is 1.52 bits per heavy atom. The first-order chi connectivity index (χ1) is 12.8. The zero-order chi connectivity index (χ0) is 20.0. The van der Waals surface area contributed by atoms with Gasteiger partial charge in [0.15, 0.2) is 0 Å². The normalized spacial score (nSPS) is 11.6.